The number of phenolic OH excluding ortho intramolecular Hbond substituents is 1. The maximum Gasteiger partial charge on any atom is 0.269 e. The van der Waals surface area contributed by atoms with E-state index in [4.69, 9.17) is 9.47 Å². The van der Waals surface area contributed by atoms with Crippen LogP contribution in [0.4, 0.5) is 5.69 Å². The molecule has 3 rings (SSSR count). The van der Waals surface area contributed by atoms with E-state index in [-0.39, 0.29) is 17.0 Å². The van der Waals surface area contributed by atoms with Gasteiger partial charge < -0.3 is 35.0 Å². The van der Waals surface area contributed by atoms with Crippen molar-refractivity contribution < 1.29 is 44.7 Å². The first-order chi connectivity index (χ1) is 15.2. The Morgan fingerprint density at radius 2 is 1.78 bits per heavy atom. The number of hydrogen-bond acceptors (Lipinski definition) is 10. The third-order valence-corrected chi connectivity index (χ3v) is 4.87. The lowest BCUT2D eigenvalue weighted by Gasteiger charge is -2.39. The second-order valence-electron chi connectivity index (χ2n) is 7.01. The Morgan fingerprint density at radius 1 is 1.09 bits per heavy atom. The van der Waals surface area contributed by atoms with E-state index >= 15 is 0 Å². The average molecular weight is 447 g/mol. The van der Waals surface area contributed by atoms with Crippen LogP contribution in [-0.4, -0.2) is 73.6 Å². The molecule has 2 aromatic carbocycles. The maximum absolute atomic E-state index is 12.7. The van der Waals surface area contributed by atoms with E-state index in [1.54, 1.807) is 0 Å². The van der Waals surface area contributed by atoms with E-state index in [2.05, 4.69) is 0 Å². The molecule has 5 N–H and O–H groups in total. The van der Waals surface area contributed by atoms with E-state index in [1.165, 1.54) is 48.5 Å². The van der Waals surface area contributed by atoms with Crippen LogP contribution in [-0.2, 0) is 4.74 Å². The highest BCUT2D eigenvalue weighted by Gasteiger charge is 2.45. The van der Waals surface area contributed by atoms with Gasteiger partial charge in [-0.3, -0.25) is 14.9 Å². The summed E-state index contributed by atoms with van der Waals surface area (Å²) in [6.45, 7) is -0.658. The second kappa shape index (κ2) is 9.85. The first kappa shape index (κ1) is 23.3. The molecule has 0 radical (unpaired) electrons. The molecular formula is C21H21NO10. The second-order valence-corrected chi connectivity index (χ2v) is 7.01. The highest BCUT2D eigenvalue weighted by Crippen LogP contribution is 2.32. The summed E-state index contributed by atoms with van der Waals surface area (Å²) in [7, 11) is 0. The van der Waals surface area contributed by atoms with Gasteiger partial charge in [-0.1, -0.05) is 12.1 Å². The summed E-state index contributed by atoms with van der Waals surface area (Å²) in [6, 6.07) is 9.39. The number of ketones is 1. The molecule has 0 aliphatic carbocycles. The molecule has 1 saturated heterocycles. The molecule has 11 nitrogen and oxygen atoms in total. The van der Waals surface area contributed by atoms with Crippen molar-refractivity contribution in [1.82, 2.24) is 0 Å². The minimum Gasteiger partial charge on any atom is -0.507 e. The number of non-ortho nitro benzene ring substituents is 1. The summed E-state index contributed by atoms with van der Waals surface area (Å²) in [5.41, 5.74) is 0.128. The van der Waals surface area contributed by atoms with E-state index in [1.807, 2.05) is 0 Å². The maximum atomic E-state index is 12.7. The van der Waals surface area contributed by atoms with Gasteiger partial charge in [-0.15, -0.1) is 0 Å². The molecule has 2 aromatic rings. The third kappa shape index (κ3) is 4.93. The van der Waals surface area contributed by atoms with Gasteiger partial charge in [0.05, 0.1) is 11.5 Å². The molecule has 0 aromatic heterocycles. The largest absolute Gasteiger partial charge is 0.507 e. The zero-order valence-electron chi connectivity index (χ0n) is 16.5. The number of nitro groups is 1. The van der Waals surface area contributed by atoms with Gasteiger partial charge in [0.25, 0.3) is 5.69 Å². The van der Waals surface area contributed by atoms with Crippen LogP contribution in [0, 0.1) is 10.1 Å². The zero-order valence-corrected chi connectivity index (χ0v) is 16.5. The van der Waals surface area contributed by atoms with Gasteiger partial charge in [-0.2, -0.15) is 0 Å². The standard InChI is InChI=1S/C21H21NO10/c23-10-16-18(26)19(27)20(28)21(32-16)31-15-3-1-2-13(24)17(15)14(25)9-6-11-4-7-12(8-5-11)22(29)30/h1-9,16,18-21,23-24,26-28H,10H2/b9-6+/t16-,18+,19-,20-,21+/m1/s1. The summed E-state index contributed by atoms with van der Waals surface area (Å²) in [5.74, 6) is -1.28. The SMILES string of the molecule is O=C(/C=C/c1ccc([N+](=O)[O-])cc1)c1c(O)cccc1O[C@H]1O[C@H](CO)[C@H](O)[C@@H](O)[C@H]1O. The van der Waals surface area contributed by atoms with Crippen LogP contribution in [0.25, 0.3) is 6.08 Å². The highest BCUT2D eigenvalue weighted by atomic mass is 16.7. The average Bonchev–Trinajstić information content (AvgIpc) is 2.78. The number of aliphatic hydroxyl groups is 4. The van der Waals surface area contributed by atoms with Crippen molar-refractivity contribution in [3.05, 3.63) is 69.8 Å². The number of allylic oxidation sites excluding steroid dienone is 1. The molecule has 1 aliphatic rings. The van der Waals surface area contributed by atoms with E-state index < -0.39 is 53.8 Å². The Balaban J connectivity index is 1.82. The Kier molecular flexibility index (Phi) is 7.18. The van der Waals surface area contributed by atoms with Gasteiger partial charge in [-0.25, -0.2) is 0 Å². The van der Waals surface area contributed by atoms with Crippen LogP contribution in [0.2, 0.25) is 0 Å². The molecule has 5 atom stereocenters. The third-order valence-electron chi connectivity index (χ3n) is 4.87. The van der Waals surface area contributed by atoms with Crippen LogP contribution < -0.4 is 4.74 Å². The molecule has 0 unspecified atom stereocenters. The van der Waals surface area contributed by atoms with Crippen molar-refractivity contribution in [1.29, 1.82) is 0 Å². The lowest BCUT2D eigenvalue weighted by molar-refractivity contribution is -0.384. The van der Waals surface area contributed by atoms with Crippen LogP contribution >= 0.6 is 0 Å². The molecule has 0 spiro atoms. The number of phenols is 1. The first-order valence-electron chi connectivity index (χ1n) is 9.49. The fourth-order valence-corrected chi connectivity index (χ4v) is 3.12. The highest BCUT2D eigenvalue weighted by molar-refractivity contribution is 6.10. The smallest absolute Gasteiger partial charge is 0.269 e. The summed E-state index contributed by atoms with van der Waals surface area (Å²) in [5, 5.41) is 60.1. The molecule has 1 heterocycles. The number of hydrogen-bond donors (Lipinski definition) is 5. The number of rotatable bonds is 7. The predicted octanol–water partition coefficient (Wildman–Crippen LogP) is 0.375. The van der Waals surface area contributed by atoms with Crippen molar-refractivity contribution in [2.75, 3.05) is 6.61 Å². The van der Waals surface area contributed by atoms with Crippen molar-refractivity contribution in [3.8, 4) is 11.5 Å². The molecule has 0 bridgehead atoms. The quantitative estimate of drug-likeness (QED) is 0.172. The van der Waals surface area contributed by atoms with Crippen LogP contribution in [0.1, 0.15) is 15.9 Å². The number of carbonyl (C=O) groups excluding carboxylic acids is 1. The number of aromatic hydroxyl groups is 1. The topological polar surface area (TPSA) is 180 Å². The molecular weight excluding hydrogens is 426 g/mol. The molecule has 1 aliphatic heterocycles. The molecule has 11 heteroatoms. The number of nitrogens with zero attached hydrogens (tertiary/aromatic N) is 1. The van der Waals surface area contributed by atoms with Gasteiger partial charge in [0, 0.05) is 12.1 Å². The number of benzene rings is 2. The van der Waals surface area contributed by atoms with E-state index in [0.29, 0.717) is 5.56 Å². The van der Waals surface area contributed by atoms with Gasteiger partial charge >= 0.3 is 0 Å². The molecule has 0 amide bonds. The first-order valence-corrected chi connectivity index (χ1v) is 9.49. The van der Waals surface area contributed by atoms with Crippen molar-refractivity contribution in [2.45, 2.75) is 30.7 Å². The number of nitro benzene ring substituents is 1. The van der Waals surface area contributed by atoms with Crippen molar-refractivity contribution in [2.24, 2.45) is 0 Å². The zero-order chi connectivity index (χ0) is 23.4. The van der Waals surface area contributed by atoms with Crippen molar-refractivity contribution in [3.63, 3.8) is 0 Å². The summed E-state index contributed by atoms with van der Waals surface area (Å²) in [6.07, 6.45) is -5.20. The van der Waals surface area contributed by atoms with Crippen LogP contribution in [0.5, 0.6) is 11.5 Å². The Morgan fingerprint density at radius 3 is 2.41 bits per heavy atom. The van der Waals surface area contributed by atoms with Gasteiger partial charge in [0.1, 0.15) is 41.5 Å². The van der Waals surface area contributed by atoms with E-state index in [0.717, 1.165) is 6.08 Å². The lowest BCUT2D eigenvalue weighted by Crippen LogP contribution is -2.60. The number of aliphatic hydroxyl groups excluding tert-OH is 4. The van der Waals surface area contributed by atoms with Gasteiger partial charge in [0.15, 0.2) is 5.78 Å². The fourth-order valence-electron chi connectivity index (χ4n) is 3.12. The normalized spacial score (nSPS) is 25.6. The molecule has 0 saturated carbocycles. The monoisotopic (exact) mass is 447 g/mol. The summed E-state index contributed by atoms with van der Waals surface area (Å²) >= 11 is 0. The van der Waals surface area contributed by atoms with Crippen LogP contribution in [0.3, 0.4) is 0 Å². The Bertz CT molecular complexity index is 1000. The van der Waals surface area contributed by atoms with Crippen LogP contribution in [0.15, 0.2) is 48.5 Å². The Hall–Kier alpha value is -3.35. The molecule has 1 fully saturated rings. The summed E-state index contributed by atoms with van der Waals surface area (Å²) < 4.78 is 10.8. The minimum atomic E-state index is -1.70. The van der Waals surface area contributed by atoms with Crippen molar-refractivity contribution >= 4 is 17.5 Å². The lowest BCUT2D eigenvalue weighted by atomic mass is 9.99. The molecule has 170 valence electrons. The van der Waals surface area contributed by atoms with Gasteiger partial charge in [-0.05, 0) is 35.9 Å². The van der Waals surface area contributed by atoms with E-state index in [9.17, 15) is 40.4 Å². The summed E-state index contributed by atoms with van der Waals surface area (Å²) in [4.78, 5) is 22.9. The fraction of sp³-hybridized carbons (Fsp3) is 0.286. The number of carbonyl (C=O) groups is 1. The molecule has 32 heavy (non-hydrogen) atoms. The Labute approximate surface area is 181 Å². The number of ether oxygens (including phenoxy) is 2. The predicted molar refractivity (Wildman–Crippen MR) is 109 cm³/mol. The minimum absolute atomic E-state index is 0.107. The van der Waals surface area contributed by atoms with Gasteiger partial charge in [0.2, 0.25) is 6.29 Å².